The number of nitrogens with zero attached hydrogens (tertiary/aromatic N) is 1. The predicted molar refractivity (Wildman–Crippen MR) is 91.0 cm³/mol. The van der Waals surface area contributed by atoms with Gasteiger partial charge in [0.15, 0.2) is 0 Å². The van der Waals surface area contributed by atoms with Gasteiger partial charge in [-0.05, 0) is 60.3 Å². The number of rotatable bonds is 4. The molecule has 1 aromatic heterocycles. The molecule has 2 rings (SSSR count). The maximum Gasteiger partial charge on any atom is 0.272 e. The van der Waals surface area contributed by atoms with Crippen molar-refractivity contribution in [2.24, 2.45) is 0 Å². The Bertz CT molecular complexity index is 659. The van der Waals surface area contributed by atoms with Crippen LogP contribution in [0.15, 0.2) is 34.9 Å². The second-order valence-corrected chi connectivity index (χ2v) is 6.38. The van der Waals surface area contributed by atoms with Crippen LogP contribution in [0.3, 0.4) is 0 Å². The monoisotopic (exact) mass is 348 g/mol. The van der Waals surface area contributed by atoms with E-state index in [9.17, 15) is 4.79 Å². The van der Waals surface area contributed by atoms with Crippen molar-refractivity contribution in [3.8, 4) is 0 Å². The third-order valence-corrected chi connectivity index (χ3v) is 4.02. The molecule has 112 valence electrons. The lowest BCUT2D eigenvalue weighted by molar-refractivity contribution is 0.101. The highest BCUT2D eigenvalue weighted by molar-refractivity contribution is 9.10. The van der Waals surface area contributed by atoms with Crippen molar-refractivity contribution in [2.45, 2.75) is 40.2 Å². The molecule has 1 heterocycles. The van der Waals surface area contributed by atoms with Crippen molar-refractivity contribution in [1.82, 2.24) is 4.57 Å². The number of carbonyl (C=O) groups excluding carboxylic acids is 1. The molecule has 0 aliphatic carbocycles. The SMILES string of the molecule is CCc1cccc(C)c1NC(=O)c1cc(Br)cn1C(C)C. The number of nitrogens with one attached hydrogen (secondary N) is 1. The van der Waals surface area contributed by atoms with Crippen LogP contribution >= 0.6 is 15.9 Å². The van der Waals surface area contributed by atoms with E-state index < -0.39 is 0 Å². The van der Waals surface area contributed by atoms with Crippen LogP contribution in [0, 0.1) is 6.92 Å². The highest BCUT2D eigenvalue weighted by atomic mass is 79.9. The van der Waals surface area contributed by atoms with Crippen molar-refractivity contribution in [3.05, 3.63) is 51.8 Å². The lowest BCUT2D eigenvalue weighted by Crippen LogP contribution is -2.19. The molecular weight excluding hydrogens is 328 g/mol. The molecule has 0 radical (unpaired) electrons. The van der Waals surface area contributed by atoms with Gasteiger partial charge in [0.2, 0.25) is 0 Å². The summed E-state index contributed by atoms with van der Waals surface area (Å²) < 4.78 is 2.89. The van der Waals surface area contributed by atoms with Gasteiger partial charge >= 0.3 is 0 Å². The first kappa shape index (κ1) is 15.8. The van der Waals surface area contributed by atoms with Gasteiger partial charge in [-0.1, -0.05) is 25.1 Å². The maximum atomic E-state index is 12.6. The van der Waals surface area contributed by atoms with Gasteiger partial charge in [0.05, 0.1) is 0 Å². The summed E-state index contributed by atoms with van der Waals surface area (Å²) in [5, 5.41) is 3.07. The van der Waals surface area contributed by atoms with E-state index in [2.05, 4.69) is 48.1 Å². The van der Waals surface area contributed by atoms with Crippen LogP contribution in [0.4, 0.5) is 5.69 Å². The van der Waals surface area contributed by atoms with Gasteiger partial charge < -0.3 is 9.88 Å². The number of hydrogen-bond donors (Lipinski definition) is 1. The van der Waals surface area contributed by atoms with Gasteiger partial charge in [-0.2, -0.15) is 0 Å². The highest BCUT2D eigenvalue weighted by Gasteiger charge is 2.16. The van der Waals surface area contributed by atoms with Crippen molar-refractivity contribution >= 4 is 27.5 Å². The van der Waals surface area contributed by atoms with E-state index >= 15 is 0 Å². The Kier molecular flexibility index (Phi) is 4.88. The number of carbonyl (C=O) groups is 1. The molecule has 1 amide bonds. The minimum absolute atomic E-state index is 0.0709. The first-order valence-electron chi connectivity index (χ1n) is 7.21. The van der Waals surface area contributed by atoms with E-state index in [0.717, 1.165) is 27.7 Å². The van der Waals surface area contributed by atoms with Crippen LogP contribution in [-0.2, 0) is 6.42 Å². The van der Waals surface area contributed by atoms with Crippen LogP contribution in [0.5, 0.6) is 0 Å². The average Bonchev–Trinajstić information content (AvgIpc) is 2.83. The second-order valence-electron chi connectivity index (χ2n) is 5.46. The van der Waals surface area contributed by atoms with E-state index in [1.165, 1.54) is 0 Å². The van der Waals surface area contributed by atoms with E-state index in [-0.39, 0.29) is 11.9 Å². The molecule has 1 N–H and O–H groups in total. The fourth-order valence-electron chi connectivity index (χ4n) is 2.43. The summed E-state index contributed by atoms with van der Waals surface area (Å²) in [5.41, 5.74) is 3.84. The number of hydrogen-bond acceptors (Lipinski definition) is 1. The highest BCUT2D eigenvalue weighted by Crippen LogP contribution is 2.24. The van der Waals surface area contributed by atoms with E-state index in [4.69, 9.17) is 0 Å². The Morgan fingerprint density at radius 1 is 1.38 bits per heavy atom. The summed E-state index contributed by atoms with van der Waals surface area (Å²) in [6.07, 6.45) is 2.84. The van der Waals surface area contributed by atoms with E-state index in [1.807, 2.05) is 35.9 Å². The zero-order chi connectivity index (χ0) is 15.6. The summed E-state index contributed by atoms with van der Waals surface area (Å²) in [7, 11) is 0. The third-order valence-electron chi connectivity index (χ3n) is 3.58. The molecule has 0 unspecified atom stereocenters. The Labute approximate surface area is 134 Å². The summed E-state index contributed by atoms with van der Waals surface area (Å²) in [6.45, 7) is 8.24. The number of amides is 1. The fraction of sp³-hybridized carbons (Fsp3) is 0.353. The molecule has 0 saturated heterocycles. The van der Waals surface area contributed by atoms with Gasteiger partial charge in [-0.15, -0.1) is 0 Å². The number of anilines is 1. The van der Waals surface area contributed by atoms with Crippen molar-refractivity contribution in [1.29, 1.82) is 0 Å². The first-order valence-corrected chi connectivity index (χ1v) is 8.00. The van der Waals surface area contributed by atoms with Crippen LogP contribution in [-0.4, -0.2) is 10.5 Å². The maximum absolute atomic E-state index is 12.6. The standard InChI is InChI=1S/C17H21BrN2O/c1-5-13-8-6-7-12(4)16(13)19-17(21)15-9-14(18)10-20(15)11(2)3/h6-11H,5H2,1-4H3,(H,19,21). The van der Waals surface area contributed by atoms with E-state index in [0.29, 0.717) is 5.69 Å². The number of aromatic nitrogens is 1. The molecule has 0 bridgehead atoms. The lowest BCUT2D eigenvalue weighted by Gasteiger charge is -2.15. The third kappa shape index (κ3) is 3.38. The lowest BCUT2D eigenvalue weighted by atomic mass is 10.1. The Hall–Kier alpha value is -1.55. The molecule has 0 saturated carbocycles. The van der Waals surface area contributed by atoms with Crippen molar-refractivity contribution in [3.63, 3.8) is 0 Å². The molecule has 0 aliphatic heterocycles. The largest absolute Gasteiger partial charge is 0.340 e. The molecule has 2 aromatic rings. The summed E-state index contributed by atoms with van der Waals surface area (Å²) in [4.78, 5) is 12.6. The topological polar surface area (TPSA) is 34.0 Å². The van der Waals surface area contributed by atoms with Gasteiger partial charge in [-0.3, -0.25) is 4.79 Å². The molecule has 0 aliphatic rings. The predicted octanol–water partition coefficient (Wildman–Crippen LogP) is 4.95. The Morgan fingerprint density at radius 2 is 2.10 bits per heavy atom. The number of para-hydroxylation sites is 1. The van der Waals surface area contributed by atoms with Gasteiger partial charge in [-0.25, -0.2) is 0 Å². The second kappa shape index (κ2) is 6.48. The zero-order valence-corrected chi connectivity index (χ0v) is 14.5. The fourth-order valence-corrected chi connectivity index (χ4v) is 2.87. The van der Waals surface area contributed by atoms with Crippen LogP contribution in [0.1, 0.15) is 48.4 Å². The quantitative estimate of drug-likeness (QED) is 0.832. The van der Waals surface area contributed by atoms with Crippen LogP contribution in [0.2, 0.25) is 0 Å². The number of benzene rings is 1. The van der Waals surface area contributed by atoms with Gasteiger partial charge in [0, 0.05) is 22.4 Å². The summed E-state index contributed by atoms with van der Waals surface area (Å²) in [5.74, 6) is -0.0709. The first-order chi connectivity index (χ1) is 9.93. The molecule has 1 aromatic carbocycles. The van der Waals surface area contributed by atoms with Crippen LogP contribution < -0.4 is 5.32 Å². The van der Waals surface area contributed by atoms with Crippen molar-refractivity contribution < 1.29 is 4.79 Å². The van der Waals surface area contributed by atoms with Gasteiger partial charge in [0.25, 0.3) is 5.91 Å². The van der Waals surface area contributed by atoms with Crippen LogP contribution in [0.25, 0.3) is 0 Å². The molecule has 0 fully saturated rings. The van der Waals surface area contributed by atoms with E-state index in [1.54, 1.807) is 0 Å². The number of aryl methyl sites for hydroxylation is 2. The molecular formula is C17H21BrN2O. The molecule has 3 nitrogen and oxygen atoms in total. The number of halogens is 1. The van der Waals surface area contributed by atoms with Gasteiger partial charge in [0.1, 0.15) is 5.69 Å². The minimum atomic E-state index is -0.0709. The van der Waals surface area contributed by atoms with Crippen molar-refractivity contribution in [2.75, 3.05) is 5.32 Å². The summed E-state index contributed by atoms with van der Waals surface area (Å²) >= 11 is 3.45. The molecule has 0 spiro atoms. The molecule has 4 heteroatoms. The Morgan fingerprint density at radius 3 is 2.71 bits per heavy atom. The molecule has 21 heavy (non-hydrogen) atoms. The smallest absolute Gasteiger partial charge is 0.272 e. The summed E-state index contributed by atoms with van der Waals surface area (Å²) in [6, 6.07) is 8.20. The Balaban J connectivity index is 2.35. The minimum Gasteiger partial charge on any atom is -0.340 e. The normalized spacial score (nSPS) is 11.0. The molecule has 0 atom stereocenters. The average molecular weight is 349 g/mol. The zero-order valence-electron chi connectivity index (χ0n) is 12.9.